The number of thioether (sulfide) groups is 1. The fraction of sp³-hybridized carbons (Fsp3) is 0.385. The van der Waals surface area contributed by atoms with Crippen LogP contribution in [-0.2, 0) is 11.3 Å². The Hall–Kier alpha value is -1.53. The first-order valence-electron chi connectivity index (χ1n) is 6.09. The lowest BCUT2D eigenvalue weighted by Gasteiger charge is -2.11. The van der Waals surface area contributed by atoms with Crippen molar-refractivity contribution in [2.75, 3.05) is 6.54 Å². The molecule has 1 aromatic rings. The summed E-state index contributed by atoms with van der Waals surface area (Å²) in [6, 6.07) is 7.13. The van der Waals surface area contributed by atoms with E-state index in [1.807, 2.05) is 24.3 Å². The van der Waals surface area contributed by atoms with Crippen molar-refractivity contribution in [3.8, 4) is 0 Å². The minimum Gasteiger partial charge on any atom is -0.351 e. The van der Waals surface area contributed by atoms with Crippen LogP contribution in [0.3, 0.4) is 0 Å². The van der Waals surface area contributed by atoms with Crippen LogP contribution in [-0.4, -0.2) is 23.7 Å². The molecule has 0 fully saturated rings. The van der Waals surface area contributed by atoms with E-state index in [2.05, 4.69) is 17.6 Å². The van der Waals surface area contributed by atoms with E-state index in [1.54, 1.807) is 6.92 Å². The lowest BCUT2D eigenvalue weighted by molar-refractivity contribution is -0.119. The van der Waals surface area contributed by atoms with Crippen molar-refractivity contribution >= 4 is 23.7 Å². The summed E-state index contributed by atoms with van der Waals surface area (Å²) in [5.74, 6) is -0.380. The molecule has 0 aliphatic carbocycles. The number of nitrogens with two attached hydrogens (primary N) is 1. The van der Waals surface area contributed by atoms with E-state index in [-0.39, 0.29) is 11.2 Å². The second-order valence-electron chi connectivity index (χ2n) is 4.04. The zero-order valence-corrected chi connectivity index (χ0v) is 11.9. The maximum atomic E-state index is 11.6. The first-order chi connectivity index (χ1) is 9.02. The predicted octanol–water partition coefficient (Wildman–Crippen LogP) is 1.47. The molecule has 1 atom stereocenters. The number of rotatable bonds is 6. The van der Waals surface area contributed by atoms with Gasteiger partial charge in [0.25, 0.3) is 0 Å². The Kier molecular flexibility index (Phi) is 6.38. The van der Waals surface area contributed by atoms with Crippen LogP contribution in [0.5, 0.6) is 0 Å². The maximum absolute atomic E-state index is 11.6. The molecule has 1 aromatic carbocycles. The van der Waals surface area contributed by atoms with Gasteiger partial charge >= 0.3 is 6.03 Å². The largest absolute Gasteiger partial charge is 0.351 e. The van der Waals surface area contributed by atoms with Gasteiger partial charge < -0.3 is 11.1 Å². The summed E-state index contributed by atoms with van der Waals surface area (Å²) in [6.07, 6.45) is 0. The van der Waals surface area contributed by atoms with Crippen LogP contribution in [0.2, 0.25) is 0 Å². The van der Waals surface area contributed by atoms with E-state index in [1.165, 1.54) is 11.8 Å². The van der Waals surface area contributed by atoms with Crippen LogP contribution < -0.4 is 16.4 Å². The Balaban J connectivity index is 2.60. The minimum absolute atomic E-state index is 0.373. The second-order valence-corrected chi connectivity index (χ2v) is 5.46. The fourth-order valence-electron chi connectivity index (χ4n) is 1.48. The number of nitrogens with one attached hydrogen (secondary N) is 2. The van der Waals surface area contributed by atoms with Crippen molar-refractivity contribution in [3.05, 3.63) is 29.8 Å². The smallest absolute Gasteiger partial charge is 0.318 e. The predicted molar refractivity (Wildman–Crippen MR) is 76.9 cm³/mol. The molecule has 1 unspecified atom stereocenters. The van der Waals surface area contributed by atoms with E-state index >= 15 is 0 Å². The van der Waals surface area contributed by atoms with E-state index in [0.717, 1.165) is 23.5 Å². The zero-order chi connectivity index (χ0) is 14.3. The van der Waals surface area contributed by atoms with Gasteiger partial charge in [-0.25, -0.2) is 4.79 Å². The first-order valence-corrected chi connectivity index (χ1v) is 6.97. The molecule has 0 aliphatic heterocycles. The fourth-order valence-corrected chi connectivity index (χ4v) is 2.43. The molecular weight excluding hydrogens is 262 g/mol. The summed E-state index contributed by atoms with van der Waals surface area (Å²) in [5, 5.41) is 4.95. The molecule has 1 rings (SSSR count). The molecule has 19 heavy (non-hydrogen) atoms. The summed E-state index contributed by atoms with van der Waals surface area (Å²) >= 11 is 1.39. The highest BCUT2D eigenvalue weighted by Gasteiger charge is 2.15. The highest BCUT2D eigenvalue weighted by molar-refractivity contribution is 8.00. The molecule has 0 radical (unpaired) electrons. The number of benzene rings is 1. The average Bonchev–Trinajstić information content (AvgIpc) is 2.36. The Morgan fingerprint density at radius 1 is 1.42 bits per heavy atom. The molecule has 0 saturated carbocycles. The van der Waals surface area contributed by atoms with Gasteiger partial charge in [0.05, 0.1) is 5.25 Å². The molecule has 0 saturated heterocycles. The third-order valence-electron chi connectivity index (χ3n) is 2.41. The lowest BCUT2D eigenvalue weighted by Crippen LogP contribution is -2.39. The first kappa shape index (κ1) is 15.5. The molecule has 4 N–H and O–H groups in total. The highest BCUT2D eigenvalue weighted by atomic mass is 32.2. The Bertz CT molecular complexity index is 451. The van der Waals surface area contributed by atoms with Gasteiger partial charge in [-0.1, -0.05) is 19.1 Å². The van der Waals surface area contributed by atoms with E-state index in [9.17, 15) is 9.59 Å². The van der Waals surface area contributed by atoms with Crippen LogP contribution >= 0.6 is 11.8 Å². The van der Waals surface area contributed by atoms with Gasteiger partial charge in [-0.3, -0.25) is 10.1 Å². The topological polar surface area (TPSA) is 84.2 Å². The van der Waals surface area contributed by atoms with E-state index in [4.69, 9.17) is 5.73 Å². The molecule has 0 heterocycles. The molecule has 6 heteroatoms. The number of carbonyl (C=O) groups excluding carboxylic acids is 2. The van der Waals surface area contributed by atoms with Crippen molar-refractivity contribution in [2.45, 2.75) is 30.5 Å². The van der Waals surface area contributed by atoms with Crippen molar-refractivity contribution < 1.29 is 9.59 Å². The Morgan fingerprint density at radius 2 is 2.16 bits per heavy atom. The van der Waals surface area contributed by atoms with Crippen LogP contribution in [0, 0.1) is 0 Å². The van der Waals surface area contributed by atoms with Crippen molar-refractivity contribution in [1.82, 2.24) is 10.6 Å². The van der Waals surface area contributed by atoms with Crippen LogP contribution in [0.15, 0.2) is 29.2 Å². The molecule has 0 spiro atoms. The molecule has 0 aromatic heterocycles. The summed E-state index contributed by atoms with van der Waals surface area (Å²) in [7, 11) is 0. The summed E-state index contributed by atoms with van der Waals surface area (Å²) < 4.78 is 0. The molecule has 104 valence electrons. The molecule has 0 bridgehead atoms. The number of carbonyl (C=O) groups is 2. The van der Waals surface area contributed by atoms with Gasteiger partial charge in [-0.2, -0.15) is 0 Å². The van der Waals surface area contributed by atoms with Gasteiger partial charge in [-0.15, -0.1) is 11.8 Å². The number of hydrogen-bond donors (Lipinski definition) is 3. The standard InChI is InChI=1S/C13H19N3O2S/c1-3-15-8-10-5-4-6-11(7-10)19-9(2)12(17)16-13(14)18/h4-7,9,15H,3,8H2,1-2H3,(H3,14,16,17,18). The molecule has 0 aliphatic rings. The summed E-state index contributed by atoms with van der Waals surface area (Å²) in [6.45, 7) is 5.50. The quantitative estimate of drug-likeness (QED) is 0.689. The number of hydrogen-bond acceptors (Lipinski definition) is 4. The number of urea groups is 1. The zero-order valence-electron chi connectivity index (χ0n) is 11.1. The van der Waals surface area contributed by atoms with Crippen LogP contribution in [0.25, 0.3) is 0 Å². The maximum Gasteiger partial charge on any atom is 0.318 e. The number of imide groups is 1. The minimum atomic E-state index is -0.821. The van der Waals surface area contributed by atoms with Crippen LogP contribution in [0.4, 0.5) is 4.79 Å². The van der Waals surface area contributed by atoms with E-state index in [0.29, 0.717) is 0 Å². The third kappa shape index (κ3) is 5.76. The number of primary amides is 1. The molecule has 3 amide bonds. The second kappa shape index (κ2) is 7.81. The van der Waals surface area contributed by atoms with Crippen molar-refractivity contribution in [2.24, 2.45) is 5.73 Å². The summed E-state index contributed by atoms with van der Waals surface area (Å²) in [4.78, 5) is 23.2. The third-order valence-corrected chi connectivity index (χ3v) is 3.50. The highest BCUT2D eigenvalue weighted by Crippen LogP contribution is 2.24. The Labute approximate surface area is 117 Å². The van der Waals surface area contributed by atoms with Crippen molar-refractivity contribution in [3.63, 3.8) is 0 Å². The lowest BCUT2D eigenvalue weighted by atomic mass is 10.2. The number of amides is 3. The van der Waals surface area contributed by atoms with Crippen LogP contribution in [0.1, 0.15) is 19.4 Å². The summed E-state index contributed by atoms with van der Waals surface area (Å²) in [5.41, 5.74) is 6.08. The molecular formula is C13H19N3O2S. The van der Waals surface area contributed by atoms with E-state index < -0.39 is 6.03 Å². The average molecular weight is 281 g/mol. The van der Waals surface area contributed by atoms with Gasteiger partial charge in [0.1, 0.15) is 0 Å². The monoisotopic (exact) mass is 281 g/mol. The van der Waals surface area contributed by atoms with Gasteiger partial charge in [0.2, 0.25) is 5.91 Å². The van der Waals surface area contributed by atoms with Gasteiger partial charge in [-0.05, 0) is 31.2 Å². The van der Waals surface area contributed by atoms with Gasteiger partial charge in [0.15, 0.2) is 0 Å². The SMILES string of the molecule is CCNCc1cccc(SC(C)C(=O)NC(N)=O)c1. The molecule has 5 nitrogen and oxygen atoms in total. The Morgan fingerprint density at radius 3 is 2.79 bits per heavy atom. The van der Waals surface area contributed by atoms with Crippen molar-refractivity contribution in [1.29, 1.82) is 0 Å². The van der Waals surface area contributed by atoms with Gasteiger partial charge in [0, 0.05) is 11.4 Å². The normalized spacial score (nSPS) is 11.9.